The standard InChI is InChI=1S/C10H18N4/c1-3-5-6-12-9-8(4-2)7-13-10(11)14-9/h7H,3-6H2,1-2H3,(H3,11,12,13,14). The minimum absolute atomic E-state index is 0.334. The van der Waals surface area contributed by atoms with Crippen LogP contribution in [0.15, 0.2) is 6.20 Å². The maximum atomic E-state index is 5.52. The number of nitrogens with one attached hydrogen (secondary N) is 1. The molecule has 0 aromatic carbocycles. The molecule has 0 saturated carbocycles. The number of nitrogens with zero attached hydrogens (tertiary/aromatic N) is 2. The average molecular weight is 194 g/mol. The number of aromatic nitrogens is 2. The first-order valence-electron chi connectivity index (χ1n) is 5.13. The second-order valence-corrected chi connectivity index (χ2v) is 3.24. The summed E-state index contributed by atoms with van der Waals surface area (Å²) in [6.45, 7) is 5.19. The van der Waals surface area contributed by atoms with Crippen molar-refractivity contribution in [2.45, 2.75) is 33.1 Å². The van der Waals surface area contributed by atoms with Gasteiger partial charge in [-0.3, -0.25) is 0 Å². The van der Waals surface area contributed by atoms with Crippen LogP contribution in [0.1, 0.15) is 32.3 Å². The van der Waals surface area contributed by atoms with E-state index in [-0.39, 0.29) is 0 Å². The molecule has 0 aliphatic heterocycles. The maximum Gasteiger partial charge on any atom is 0.221 e. The van der Waals surface area contributed by atoms with Crippen LogP contribution in [0.3, 0.4) is 0 Å². The zero-order valence-corrected chi connectivity index (χ0v) is 8.88. The van der Waals surface area contributed by atoms with Gasteiger partial charge in [-0.2, -0.15) is 4.98 Å². The minimum atomic E-state index is 0.334. The molecule has 0 amide bonds. The topological polar surface area (TPSA) is 63.8 Å². The molecule has 0 aliphatic carbocycles. The Morgan fingerprint density at radius 2 is 2.21 bits per heavy atom. The van der Waals surface area contributed by atoms with Gasteiger partial charge in [0.2, 0.25) is 5.95 Å². The lowest BCUT2D eigenvalue weighted by molar-refractivity contribution is 0.828. The van der Waals surface area contributed by atoms with E-state index in [1.807, 2.05) is 0 Å². The smallest absolute Gasteiger partial charge is 0.221 e. The summed E-state index contributed by atoms with van der Waals surface area (Å²) in [5, 5.41) is 3.27. The Hall–Kier alpha value is -1.32. The highest BCUT2D eigenvalue weighted by molar-refractivity contribution is 5.45. The fraction of sp³-hybridized carbons (Fsp3) is 0.600. The summed E-state index contributed by atoms with van der Waals surface area (Å²) in [6, 6.07) is 0. The summed E-state index contributed by atoms with van der Waals surface area (Å²) in [5.74, 6) is 1.22. The molecule has 0 saturated heterocycles. The van der Waals surface area contributed by atoms with Crippen molar-refractivity contribution in [3.8, 4) is 0 Å². The van der Waals surface area contributed by atoms with E-state index in [0.717, 1.165) is 30.8 Å². The first-order valence-corrected chi connectivity index (χ1v) is 5.13. The molecule has 0 bridgehead atoms. The van der Waals surface area contributed by atoms with Gasteiger partial charge < -0.3 is 11.1 Å². The predicted molar refractivity (Wildman–Crippen MR) is 59.2 cm³/mol. The van der Waals surface area contributed by atoms with Crippen LogP contribution in [0.2, 0.25) is 0 Å². The van der Waals surface area contributed by atoms with Crippen molar-refractivity contribution >= 4 is 11.8 Å². The summed E-state index contributed by atoms with van der Waals surface area (Å²) in [7, 11) is 0. The van der Waals surface area contributed by atoms with Crippen LogP contribution in [0.4, 0.5) is 11.8 Å². The van der Waals surface area contributed by atoms with Crippen molar-refractivity contribution in [3.63, 3.8) is 0 Å². The first-order chi connectivity index (χ1) is 6.77. The number of nitrogens with two attached hydrogens (primary N) is 1. The van der Waals surface area contributed by atoms with E-state index in [1.165, 1.54) is 6.42 Å². The molecule has 1 aromatic heterocycles. The van der Waals surface area contributed by atoms with Crippen LogP contribution in [-0.4, -0.2) is 16.5 Å². The van der Waals surface area contributed by atoms with Crippen LogP contribution in [-0.2, 0) is 6.42 Å². The van der Waals surface area contributed by atoms with Gasteiger partial charge in [0.1, 0.15) is 5.82 Å². The summed E-state index contributed by atoms with van der Waals surface area (Å²) >= 11 is 0. The van der Waals surface area contributed by atoms with Gasteiger partial charge in [0.25, 0.3) is 0 Å². The molecule has 4 nitrogen and oxygen atoms in total. The van der Waals surface area contributed by atoms with Crippen molar-refractivity contribution in [3.05, 3.63) is 11.8 Å². The van der Waals surface area contributed by atoms with Crippen molar-refractivity contribution < 1.29 is 0 Å². The number of nitrogen functional groups attached to an aromatic ring is 1. The van der Waals surface area contributed by atoms with E-state index in [4.69, 9.17) is 5.73 Å². The van der Waals surface area contributed by atoms with Gasteiger partial charge in [0.05, 0.1) is 0 Å². The van der Waals surface area contributed by atoms with Crippen LogP contribution in [0.5, 0.6) is 0 Å². The van der Waals surface area contributed by atoms with Gasteiger partial charge in [-0.1, -0.05) is 20.3 Å². The lowest BCUT2D eigenvalue weighted by Gasteiger charge is -2.08. The Labute approximate surface area is 85.0 Å². The van der Waals surface area contributed by atoms with E-state index in [1.54, 1.807) is 6.20 Å². The maximum absolute atomic E-state index is 5.52. The summed E-state index contributed by atoms with van der Waals surface area (Å²) < 4.78 is 0. The van der Waals surface area contributed by atoms with E-state index in [2.05, 4.69) is 29.1 Å². The monoisotopic (exact) mass is 194 g/mol. The van der Waals surface area contributed by atoms with Crippen molar-refractivity contribution in [2.75, 3.05) is 17.6 Å². The molecule has 0 aliphatic rings. The molecule has 14 heavy (non-hydrogen) atoms. The van der Waals surface area contributed by atoms with E-state index >= 15 is 0 Å². The second kappa shape index (κ2) is 5.42. The van der Waals surface area contributed by atoms with Gasteiger partial charge >= 0.3 is 0 Å². The third kappa shape index (κ3) is 2.87. The third-order valence-corrected chi connectivity index (χ3v) is 2.09. The Kier molecular flexibility index (Phi) is 4.16. The largest absolute Gasteiger partial charge is 0.370 e. The highest BCUT2D eigenvalue weighted by atomic mass is 15.1. The van der Waals surface area contributed by atoms with Crippen LogP contribution in [0, 0.1) is 0 Å². The number of hydrogen-bond acceptors (Lipinski definition) is 4. The molecule has 4 heteroatoms. The van der Waals surface area contributed by atoms with E-state index in [0.29, 0.717) is 5.95 Å². The van der Waals surface area contributed by atoms with Gasteiger partial charge in [-0.15, -0.1) is 0 Å². The number of unbranched alkanes of at least 4 members (excludes halogenated alkanes) is 1. The molecule has 3 N–H and O–H groups in total. The fourth-order valence-electron chi connectivity index (χ4n) is 1.22. The Morgan fingerprint density at radius 3 is 2.86 bits per heavy atom. The predicted octanol–water partition coefficient (Wildman–Crippen LogP) is 1.83. The Morgan fingerprint density at radius 1 is 1.43 bits per heavy atom. The molecule has 1 rings (SSSR count). The van der Waals surface area contributed by atoms with Crippen molar-refractivity contribution in [1.29, 1.82) is 0 Å². The number of aryl methyl sites for hydroxylation is 1. The molecule has 0 unspecified atom stereocenters. The minimum Gasteiger partial charge on any atom is -0.370 e. The van der Waals surface area contributed by atoms with Gasteiger partial charge in [0, 0.05) is 18.3 Å². The van der Waals surface area contributed by atoms with Gasteiger partial charge in [0.15, 0.2) is 0 Å². The van der Waals surface area contributed by atoms with Crippen LogP contribution >= 0.6 is 0 Å². The molecule has 78 valence electrons. The van der Waals surface area contributed by atoms with E-state index < -0.39 is 0 Å². The molecule has 0 atom stereocenters. The van der Waals surface area contributed by atoms with Crippen molar-refractivity contribution in [2.24, 2.45) is 0 Å². The molecular formula is C10H18N4. The van der Waals surface area contributed by atoms with Crippen LogP contribution < -0.4 is 11.1 Å². The summed E-state index contributed by atoms with van der Waals surface area (Å²) in [4.78, 5) is 8.14. The van der Waals surface area contributed by atoms with E-state index in [9.17, 15) is 0 Å². The van der Waals surface area contributed by atoms with Crippen LogP contribution in [0.25, 0.3) is 0 Å². The Bertz CT molecular complexity index is 285. The zero-order chi connectivity index (χ0) is 10.4. The SMILES string of the molecule is CCCCNc1nc(N)ncc1CC. The average Bonchev–Trinajstić information content (AvgIpc) is 2.19. The van der Waals surface area contributed by atoms with Crippen molar-refractivity contribution in [1.82, 2.24) is 9.97 Å². The number of anilines is 2. The normalized spacial score (nSPS) is 10.1. The quantitative estimate of drug-likeness (QED) is 0.702. The number of hydrogen-bond donors (Lipinski definition) is 2. The first kappa shape index (κ1) is 10.8. The fourth-order valence-corrected chi connectivity index (χ4v) is 1.22. The molecular weight excluding hydrogens is 176 g/mol. The molecule has 0 fully saturated rings. The molecule has 0 radical (unpaired) electrons. The zero-order valence-electron chi connectivity index (χ0n) is 8.88. The highest BCUT2D eigenvalue weighted by Crippen LogP contribution is 2.12. The molecule has 1 aromatic rings. The highest BCUT2D eigenvalue weighted by Gasteiger charge is 2.02. The molecule has 0 spiro atoms. The lowest BCUT2D eigenvalue weighted by atomic mass is 10.2. The summed E-state index contributed by atoms with van der Waals surface area (Å²) in [5.41, 5.74) is 6.64. The lowest BCUT2D eigenvalue weighted by Crippen LogP contribution is -2.08. The summed E-state index contributed by atoms with van der Waals surface area (Å²) in [6.07, 6.45) is 5.04. The number of rotatable bonds is 5. The third-order valence-electron chi connectivity index (χ3n) is 2.09. The van der Waals surface area contributed by atoms with Gasteiger partial charge in [-0.25, -0.2) is 4.98 Å². The Balaban J connectivity index is 2.67. The second-order valence-electron chi connectivity index (χ2n) is 3.24. The molecule has 1 heterocycles. The van der Waals surface area contributed by atoms with Gasteiger partial charge in [-0.05, 0) is 12.8 Å².